The summed E-state index contributed by atoms with van der Waals surface area (Å²) < 4.78 is 0. The Labute approximate surface area is 92.9 Å². The number of aliphatic hydroxyl groups is 2. The highest BCUT2D eigenvalue weighted by Gasteiger charge is 2.33. The van der Waals surface area contributed by atoms with E-state index >= 15 is 0 Å². The minimum Gasteiger partial charge on any atom is -0.394 e. The third kappa shape index (κ3) is 3.74. The van der Waals surface area contributed by atoms with Gasteiger partial charge in [0, 0.05) is 12.1 Å². The van der Waals surface area contributed by atoms with E-state index in [1.807, 2.05) is 6.92 Å². The number of aliphatic hydroxyl groups excluding tert-OH is 2. The minimum atomic E-state index is -0.286. The molecule has 3 unspecified atom stereocenters. The molecule has 0 aromatic heterocycles. The topological polar surface area (TPSA) is 52.5 Å². The van der Waals surface area contributed by atoms with Crippen LogP contribution >= 0.6 is 0 Å². The van der Waals surface area contributed by atoms with Crippen LogP contribution in [0.15, 0.2) is 0 Å². The highest BCUT2D eigenvalue weighted by molar-refractivity contribution is 4.92. The molecule has 1 rings (SSSR count). The van der Waals surface area contributed by atoms with Gasteiger partial charge >= 0.3 is 0 Å². The van der Waals surface area contributed by atoms with E-state index < -0.39 is 0 Å². The average Bonchev–Trinajstić information content (AvgIpc) is 2.26. The van der Waals surface area contributed by atoms with E-state index in [4.69, 9.17) is 0 Å². The summed E-state index contributed by atoms with van der Waals surface area (Å²) in [5.74, 6) is 0.678. The Balaban J connectivity index is 2.44. The van der Waals surface area contributed by atoms with Gasteiger partial charge in [-0.25, -0.2) is 0 Å². The van der Waals surface area contributed by atoms with Crippen molar-refractivity contribution in [2.75, 3.05) is 13.2 Å². The Hall–Kier alpha value is -0.120. The zero-order chi connectivity index (χ0) is 11.3. The maximum atomic E-state index is 9.52. The number of hydrogen-bond acceptors (Lipinski definition) is 3. The zero-order valence-electron chi connectivity index (χ0n) is 10.00. The normalized spacial score (nSPS) is 34.0. The number of nitrogens with one attached hydrogen (secondary N) is 1. The van der Waals surface area contributed by atoms with Gasteiger partial charge in [-0.2, -0.15) is 0 Å². The Kier molecular flexibility index (Phi) is 5.03. The van der Waals surface area contributed by atoms with Crippen molar-refractivity contribution in [3.05, 3.63) is 0 Å². The van der Waals surface area contributed by atoms with Crippen LogP contribution in [0.5, 0.6) is 0 Å². The van der Waals surface area contributed by atoms with Gasteiger partial charge in [-0.1, -0.05) is 26.7 Å². The molecular weight excluding hydrogens is 190 g/mol. The predicted molar refractivity (Wildman–Crippen MR) is 61.7 cm³/mol. The van der Waals surface area contributed by atoms with E-state index in [0.717, 1.165) is 19.3 Å². The van der Waals surface area contributed by atoms with Crippen molar-refractivity contribution in [2.45, 2.75) is 57.6 Å². The van der Waals surface area contributed by atoms with Crippen molar-refractivity contribution in [2.24, 2.45) is 5.92 Å². The number of β-amino-alcohol motifs (C(OH)–C–C–N with tert-alkyl or cyclic N) is 1. The third-order valence-corrected chi connectivity index (χ3v) is 3.58. The van der Waals surface area contributed by atoms with Crippen LogP contribution < -0.4 is 5.32 Å². The summed E-state index contributed by atoms with van der Waals surface area (Å²) in [7, 11) is 0. The molecule has 0 aromatic rings. The van der Waals surface area contributed by atoms with E-state index in [2.05, 4.69) is 12.2 Å². The van der Waals surface area contributed by atoms with Crippen LogP contribution in [0.25, 0.3) is 0 Å². The van der Waals surface area contributed by atoms with Gasteiger partial charge in [-0.05, 0) is 25.2 Å². The summed E-state index contributed by atoms with van der Waals surface area (Å²) in [6, 6.07) is 0. The average molecular weight is 215 g/mol. The summed E-state index contributed by atoms with van der Waals surface area (Å²) in [6.45, 7) is 5.00. The van der Waals surface area contributed by atoms with Crippen LogP contribution in [-0.4, -0.2) is 35.0 Å². The van der Waals surface area contributed by atoms with E-state index in [-0.39, 0.29) is 18.2 Å². The molecule has 0 spiro atoms. The van der Waals surface area contributed by atoms with Gasteiger partial charge in [-0.15, -0.1) is 0 Å². The lowest BCUT2D eigenvalue weighted by Gasteiger charge is -2.40. The van der Waals surface area contributed by atoms with Crippen molar-refractivity contribution in [3.63, 3.8) is 0 Å². The van der Waals surface area contributed by atoms with Crippen LogP contribution in [0.2, 0.25) is 0 Å². The van der Waals surface area contributed by atoms with Gasteiger partial charge < -0.3 is 15.5 Å². The third-order valence-electron chi connectivity index (χ3n) is 3.58. The molecule has 1 saturated carbocycles. The second kappa shape index (κ2) is 5.83. The van der Waals surface area contributed by atoms with E-state index in [1.54, 1.807) is 0 Å². The molecule has 3 nitrogen and oxygen atoms in total. The predicted octanol–water partition coefficient (Wildman–Crippen LogP) is 1.29. The van der Waals surface area contributed by atoms with E-state index in [0.29, 0.717) is 12.5 Å². The first kappa shape index (κ1) is 12.9. The molecular formula is C12H25NO2. The lowest BCUT2D eigenvalue weighted by molar-refractivity contribution is 0.0781. The molecule has 0 saturated heterocycles. The van der Waals surface area contributed by atoms with Gasteiger partial charge in [0.05, 0.1) is 12.7 Å². The Morgan fingerprint density at radius 3 is 2.80 bits per heavy atom. The number of hydrogen-bond donors (Lipinski definition) is 3. The van der Waals surface area contributed by atoms with Crippen molar-refractivity contribution in [1.82, 2.24) is 5.32 Å². The monoisotopic (exact) mass is 215 g/mol. The van der Waals surface area contributed by atoms with Crippen LogP contribution in [0.3, 0.4) is 0 Å². The highest BCUT2D eigenvalue weighted by Crippen LogP contribution is 2.31. The lowest BCUT2D eigenvalue weighted by Crippen LogP contribution is -2.53. The minimum absolute atomic E-state index is 0.131. The Bertz CT molecular complexity index is 186. The second-order valence-corrected chi connectivity index (χ2v) is 5.08. The maximum absolute atomic E-state index is 9.52. The molecule has 1 aliphatic rings. The molecule has 1 aliphatic carbocycles. The molecule has 3 heteroatoms. The van der Waals surface area contributed by atoms with Gasteiger partial charge in [0.15, 0.2) is 0 Å². The van der Waals surface area contributed by atoms with Crippen molar-refractivity contribution < 1.29 is 10.2 Å². The first-order valence-electron chi connectivity index (χ1n) is 6.16. The Morgan fingerprint density at radius 2 is 2.27 bits per heavy atom. The summed E-state index contributed by atoms with van der Waals surface area (Å²) in [6.07, 6.45) is 4.98. The highest BCUT2D eigenvalue weighted by atomic mass is 16.3. The van der Waals surface area contributed by atoms with Crippen LogP contribution in [-0.2, 0) is 0 Å². The summed E-state index contributed by atoms with van der Waals surface area (Å²) in [5, 5.41) is 22.4. The molecule has 0 heterocycles. The fourth-order valence-electron chi connectivity index (χ4n) is 2.50. The molecule has 0 radical (unpaired) electrons. The van der Waals surface area contributed by atoms with Gasteiger partial charge in [0.1, 0.15) is 0 Å². The molecule has 1 fully saturated rings. The molecule has 0 amide bonds. The smallest absolute Gasteiger partial charge is 0.0662 e. The van der Waals surface area contributed by atoms with Crippen LogP contribution in [0.1, 0.15) is 46.0 Å². The lowest BCUT2D eigenvalue weighted by atomic mass is 9.77. The first-order valence-corrected chi connectivity index (χ1v) is 6.16. The zero-order valence-corrected chi connectivity index (χ0v) is 10.00. The van der Waals surface area contributed by atoms with Gasteiger partial charge in [0.2, 0.25) is 0 Å². The quantitative estimate of drug-likeness (QED) is 0.648. The van der Waals surface area contributed by atoms with E-state index in [1.165, 1.54) is 12.8 Å². The molecule has 15 heavy (non-hydrogen) atoms. The summed E-state index contributed by atoms with van der Waals surface area (Å²) in [4.78, 5) is 0. The van der Waals surface area contributed by atoms with Gasteiger partial charge in [-0.3, -0.25) is 0 Å². The van der Waals surface area contributed by atoms with Crippen molar-refractivity contribution in [3.8, 4) is 0 Å². The van der Waals surface area contributed by atoms with Crippen molar-refractivity contribution in [1.29, 1.82) is 0 Å². The molecule has 0 aliphatic heterocycles. The maximum Gasteiger partial charge on any atom is 0.0662 e. The van der Waals surface area contributed by atoms with E-state index in [9.17, 15) is 10.2 Å². The SMILES string of the molecule is CCC(O)CNC1(CO)CCCC(C)C1. The Morgan fingerprint density at radius 1 is 1.53 bits per heavy atom. The van der Waals surface area contributed by atoms with Gasteiger partial charge in [0.25, 0.3) is 0 Å². The molecule has 3 atom stereocenters. The molecule has 90 valence electrons. The van der Waals surface area contributed by atoms with Crippen LogP contribution in [0, 0.1) is 5.92 Å². The first-order chi connectivity index (χ1) is 7.12. The summed E-state index contributed by atoms with van der Waals surface area (Å²) >= 11 is 0. The standard InChI is InChI=1S/C12H25NO2/c1-3-11(15)8-13-12(9-14)6-4-5-10(2)7-12/h10-11,13-15H,3-9H2,1-2H3. The largest absolute Gasteiger partial charge is 0.394 e. The number of rotatable bonds is 5. The molecule has 0 aromatic carbocycles. The molecule has 3 N–H and O–H groups in total. The fraction of sp³-hybridized carbons (Fsp3) is 1.00. The second-order valence-electron chi connectivity index (χ2n) is 5.08. The van der Waals surface area contributed by atoms with Crippen molar-refractivity contribution >= 4 is 0 Å². The fourth-order valence-corrected chi connectivity index (χ4v) is 2.50. The molecule has 0 bridgehead atoms. The van der Waals surface area contributed by atoms with Crippen LogP contribution in [0.4, 0.5) is 0 Å². The summed E-state index contributed by atoms with van der Waals surface area (Å²) in [5.41, 5.74) is -0.131.